The molecule has 0 aromatic heterocycles. The summed E-state index contributed by atoms with van der Waals surface area (Å²) in [5.74, 6) is -3.50. The van der Waals surface area contributed by atoms with Crippen molar-refractivity contribution in [3.63, 3.8) is 0 Å². The number of carbonyl (C=O) groups excluding carboxylic acids is 3. The van der Waals surface area contributed by atoms with E-state index in [-0.39, 0.29) is 22.0 Å². The number of anilines is 1. The number of carboxylic acid groups (broad SMARTS) is 1. The highest BCUT2D eigenvalue weighted by atomic mass is 79.9. The smallest absolute Gasteiger partial charge is 0.341 e. The molecule has 2 N–H and O–H groups in total. The predicted molar refractivity (Wildman–Crippen MR) is 108 cm³/mol. The Morgan fingerprint density at radius 3 is 2.50 bits per heavy atom. The van der Waals surface area contributed by atoms with E-state index in [1.54, 1.807) is 0 Å². The molecule has 4 amide bonds. The molecule has 30 heavy (non-hydrogen) atoms. The second-order valence-corrected chi connectivity index (χ2v) is 7.19. The second kappa shape index (κ2) is 8.64. The Hall–Kier alpha value is -3.24. The van der Waals surface area contributed by atoms with E-state index in [4.69, 9.17) is 21.4 Å². The molecule has 0 aliphatic carbocycles. The zero-order valence-electron chi connectivity index (χ0n) is 14.8. The highest BCUT2D eigenvalue weighted by Crippen LogP contribution is 2.35. The molecule has 0 radical (unpaired) electrons. The maximum absolute atomic E-state index is 13.2. The lowest BCUT2D eigenvalue weighted by Gasteiger charge is -2.26. The molecule has 1 aliphatic heterocycles. The van der Waals surface area contributed by atoms with Crippen LogP contribution < -0.4 is 15.0 Å². The maximum atomic E-state index is 13.2. The number of barbiturate groups is 1. The van der Waals surface area contributed by atoms with Crippen LogP contribution in [0.1, 0.15) is 5.56 Å². The fourth-order valence-corrected chi connectivity index (χ4v) is 3.57. The maximum Gasteiger partial charge on any atom is 0.341 e. The number of ether oxygens (including phenoxy) is 1. The van der Waals surface area contributed by atoms with Gasteiger partial charge in [0.1, 0.15) is 11.4 Å². The van der Waals surface area contributed by atoms with Gasteiger partial charge in [-0.1, -0.05) is 11.6 Å². The van der Waals surface area contributed by atoms with Crippen LogP contribution in [0.5, 0.6) is 5.75 Å². The minimum Gasteiger partial charge on any atom is -0.479 e. The zero-order valence-corrected chi connectivity index (χ0v) is 17.2. The molecule has 0 atom stereocenters. The standard InChI is InChI=1S/C19H11BrClFN2O6/c20-13-6-9(7-14(21)16(13)30-8-15(25)26)5-12-17(27)23-19(29)24(18(12)28)11-3-1-10(22)2-4-11/h1-7H,8H2,(H,25,26)(H,23,27,29)/b12-5+. The van der Waals surface area contributed by atoms with Crippen molar-refractivity contribution < 1.29 is 33.4 Å². The van der Waals surface area contributed by atoms with Gasteiger partial charge in [-0.2, -0.15) is 0 Å². The van der Waals surface area contributed by atoms with Crippen LogP contribution in [0.4, 0.5) is 14.9 Å². The van der Waals surface area contributed by atoms with Gasteiger partial charge in [-0.15, -0.1) is 0 Å². The Labute approximate surface area is 182 Å². The largest absolute Gasteiger partial charge is 0.479 e. The first-order chi connectivity index (χ1) is 14.2. The SMILES string of the molecule is O=C(O)COc1c(Cl)cc(/C=C2\C(=O)NC(=O)N(c3ccc(F)cc3)C2=O)cc1Br. The molecule has 2 aromatic rings. The molecule has 1 saturated heterocycles. The molecular formula is C19H11BrClFN2O6. The molecule has 0 saturated carbocycles. The van der Waals surface area contributed by atoms with E-state index >= 15 is 0 Å². The van der Waals surface area contributed by atoms with Gasteiger partial charge in [-0.3, -0.25) is 14.9 Å². The van der Waals surface area contributed by atoms with E-state index in [2.05, 4.69) is 15.9 Å². The van der Waals surface area contributed by atoms with Gasteiger partial charge in [0.15, 0.2) is 12.4 Å². The van der Waals surface area contributed by atoms with Crippen LogP contribution in [0.25, 0.3) is 6.08 Å². The van der Waals surface area contributed by atoms with Crippen molar-refractivity contribution in [2.75, 3.05) is 11.5 Å². The van der Waals surface area contributed by atoms with Crippen molar-refractivity contribution >= 4 is 63.1 Å². The van der Waals surface area contributed by atoms with Crippen LogP contribution in [0.3, 0.4) is 0 Å². The summed E-state index contributed by atoms with van der Waals surface area (Å²) in [6.45, 7) is -0.617. The van der Waals surface area contributed by atoms with Crippen LogP contribution in [-0.2, 0) is 14.4 Å². The average molecular weight is 498 g/mol. The van der Waals surface area contributed by atoms with Gasteiger partial charge >= 0.3 is 12.0 Å². The number of imide groups is 2. The van der Waals surface area contributed by atoms with E-state index in [9.17, 15) is 23.6 Å². The molecule has 1 aliphatic rings. The van der Waals surface area contributed by atoms with Crippen molar-refractivity contribution in [2.45, 2.75) is 0 Å². The number of aliphatic carboxylic acids is 1. The second-order valence-electron chi connectivity index (χ2n) is 5.93. The van der Waals surface area contributed by atoms with Crippen molar-refractivity contribution in [2.24, 2.45) is 0 Å². The van der Waals surface area contributed by atoms with Gasteiger partial charge in [0, 0.05) is 0 Å². The number of halogens is 3. The molecule has 154 valence electrons. The van der Waals surface area contributed by atoms with Gasteiger partial charge in [-0.25, -0.2) is 18.9 Å². The van der Waals surface area contributed by atoms with E-state index in [0.29, 0.717) is 14.9 Å². The zero-order chi connectivity index (χ0) is 22.0. The number of hydrogen-bond donors (Lipinski definition) is 2. The highest BCUT2D eigenvalue weighted by molar-refractivity contribution is 9.10. The third-order valence-corrected chi connectivity index (χ3v) is 4.73. The lowest BCUT2D eigenvalue weighted by molar-refractivity contribution is -0.139. The van der Waals surface area contributed by atoms with Crippen molar-refractivity contribution in [3.8, 4) is 5.75 Å². The van der Waals surface area contributed by atoms with Crippen LogP contribution in [0.15, 0.2) is 46.4 Å². The number of hydrogen-bond acceptors (Lipinski definition) is 5. The number of nitrogens with one attached hydrogen (secondary N) is 1. The minimum atomic E-state index is -1.20. The molecule has 1 fully saturated rings. The van der Waals surface area contributed by atoms with Gasteiger partial charge < -0.3 is 9.84 Å². The first-order valence-corrected chi connectivity index (χ1v) is 9.35. The molecular weight excluding hydrogens is 487 g/mol. The molecule has 0 unspecified atom stereocenters. The highest BCUT2D eigenvalue weighted by Gasteiger charge is 2.36. The summed E-state index contributed by atoms with van der Waals surface area (Å²) in [4.78, 5) is 48.5. The van der Waals surface area contributed by atoms with Crippen molar-refractivity contribution in [3.05, 3.63) is 62.8 Å². The Kier molecular flexibility index (Phi) is 6.18. The number of amides is 4. The third kappa shape index (κ3) is 4.50. The number of nitrogens with zero attached hydrogens (tertiary/aromatic N) is 1. The Morgan fingerprint density at radius 2 is 1.90 bits per heavy atom. The lowest BCUT2D eigenvalue weighted by Crippen LogP contribution is -2.54. The topological polar surface area (TPSA) is 113 Å². The number of urea groups is 1. The quantitative estimate of drug-likeness (QED) is 0.484. The molecule has 11 heteroatoms. The first kappa shape index (κ1) is 21.5. The normalized spacial score (nSPS) is 15.4. The number of carbonyl (C=O) groups is 4. The minimum absolute atomic E-state index is 0.0348. The number of rotatable bonds is 5. The Bertz CT molecular complexity index is 1080. The van der Waals surface area contributed by atoms with Crippen LogP contribution in [-0.4, -0.2) is 35.5 Å². The first-order valence-electron chi connectivity index (χ1n) is 8.18. The van der Waals surface area contributed by atoms with Gasteiger partial charge in [0.2, 0.25) is 0 Å². The number of carboxylic acids is 1. The molecule has 8 nitrogen and oxygen atoms in total. The average Bonchev–Trinajstić information content (AvgIpc) is 2.65. The fourth-order valence-electron chi connectivity index (χ4n) is 2.58. The van der Waals surface area contributed by atoms with E-state index in [0.717, 1.165) is 12.1 Å². The van der Waals surface area contributed by atoms with Crippen LogP contribution in [0.2, 0.25) is 5.02 Å². The third-order valence-electron chi connectivity index (χ3n) is 3.86. The fraction of sp³-hybridized carbons (Fsp3) is 0.0526. The summed E-state index contributed by atoms with van der Waals surface area (Å²) >= 11 is 9.30. The summed E-state index contributed by atoms with van der Waals surface area (Å²) in [5, 5.41) is 10.8. The molecule has 2 aromatic carbocycles. The molecule has 3 rings (SSSR count). The van der Waals surface area contributed by atoms with Crippen molar-refractivity contribution in [1.82, 2.24) is 5.32 Å². The summed E-state index contributed by atoms with van der Waals surface area (Å²) < 4.78 is 18.5. The van der Waals surface area contributed by atoms with Gasteiger partial charge in [-0.05, 0) is 64.0 Å². The van der Waals surface area contributed by atoms with Gasteiger partial charge in [0.25, 0.3) is 11.8 Å². The van der Waals surface area contributed by atoms with Crippen molar-refractivity contribution in [1.29, 1.82) is 0 Å². The van der Waals surface area contributed by atoms with Gasteiger partial charge in [0.05, 0.1) is 15.2 Å². The lowest BCUT2D eigenvalue weighted by atomic mass is 10.1. The molecule has 1 heterocycles. The summed E-state index contributed by atoms with van der Waals surface area (Å²) in [7, 11) is 0. The molecule has 0 bridgehead atoms. The van der Waals surface area contributed by atoms with E-state index in [1.807, 2.05) is 5.32 Å². The Balaban J connectivity index is 1.96. The monoisotopic (exact) mass is 496 g/mol. The summed E-state index contributed by atoms with van der Waals surface area (Å²) in [6.07, 6.45) is 1.21. The van der Waals surface area contributed by atoms with E-state index < -0.39 is 36.2 Å². The van der Waals surface area contributed by atoms with E-state index in [1.165, 1.54) is 30.3 Å². The Morgan fingerprint density at radius 1 is 1.23 bits per heavy atom. The molecule has 0 spiro atoms. The van der Waals surface area contributed by atoms with Crippen LogP contribution in [0, 0.1) is 5.82 Å². The van der Waals surface area contributed by atoms with Crippen LogP contribution >= 0.6 is 27.5 Å². The predicted octanol–water partition coefficient (Wildman–Crippen LogP) is 3.37. The summed E-state index contributed by atoms with van der Waals surface area (Å²) in [6, 6.07) is 6.44. The summed E-state index contributed by atoms with van der Waals surface area (Å²) in [5.41, 5.74) is 0.0245. The number of benzene rings is 2.